The molecule has 0 aliphatic heterocycles. The van der Waals surface area contributed by atoms with Gasteiger partial charge < -0.3 is 9.64 Å². The fourth-order valence-corrected chi connectivity index (χ4v) is 3.93. The van der Waals surface area contributed by atoms with Gasteiger partial charge in [0.25, 0.3) is 0 Å². The Balaban J connectivity index is 2.26. The first kappa shape index (κ1) is 17.1. The van der Waals surface area contributed by atoms with E-state index in [1.54, 1.807) is 7.11 Å². The molecule has 0 amide bonds. The van der Waals surface area contributed by atoms with E-state index in [2.05, 4.69) is 31.1 Å². The second-order valence-electron chi connectivity index (χ2n) is 6.25. The van der Waals surface area contributed by atoms with Crippen LogP contribution in [0.4, 0.5) is 0 Å². The van der Waals surface area contributed by atoms with Crippen molar-refractivity contribution in [3.8, 4) is 0 Å². The molecule has 0 N–H and O–H groups in total. The molecule has 2 rings (SSSR count). The molecule has 0 aromatic heterocycles. The van der Waals surface area contributed by atoms with Crippen molar-refractivity contribution in [1.82, 2.24) is 4.90 Å². The van der Waals surface area contributed by atoms with Crippen molar-refractivity contribution < 1.29 is 4.74 Å². The molecule has 1 atom stereocenters. The van der Waals surface area contributed by atoms with Gasteiger partial charge in [0, 0.05) is 25.2 Å². The molecular weight excluding hydrogens is 305 g/mol. The summed E-state index contributed by atoms with van der Waals surface area (Å²) in [5.41, 5.74) is 1.55. The van der Waals surface area contributed by atoms with E-state index < -0.39 is 0 Å². The number of ether oxygens (including phenoxy) is 1. The molecule has 1 aliphatic rings. The van der Waals surface area contributed by atoms with E-state index in [-0.39, 0.29) is 5.41 Å². The lowest BCUT2D eigenvalue weighted by Crippen LogP contribution is -2.52. The van der Waals surface area contributed by atoms with E-state index in [1.165, 1.54) is 24.8 Å². The molecule has 1 aliphatic carbocycles. The SMILES string of the molecule is COCCCC(N(C)C)C1(c2ccc(Cl)c(Cl)c2)CCC1. The second-order valence-corrected chi connectivity index (χ2v) is 7.07. The third-order valence-electron chi connectivity index (χ3n) is 4.83. The average molecular weight is 330 g/mol. The van der Waals surface area contributed by atoms with Gasteiger partial charge in [0.2, 0.25) is 0 Å². The van der Waals surface area contributed by atoms with Crippen LogP contribution in [0.5, 0.6) is 0 Å². The summed E-state index contributed by atoms with van der Waals surface area (Å²) < 4.78 is 5.22. The third kappa shape index (κ3) is 3.56. The van der Waals surface area contributed by atoms with E-state index in [1.807, 2.05) is 6.07 Å². The lowest BCUT2D eigenvalue weighted by molar-refractivity contribution is 0.0803. The number of hydrogen-bond donors (Lipinski definition) is 0. The molecule has 0 bridgehead atoms. The fourth-order valence-electron chi connectivity index (χ4n) is 3.63. The highest BCUT2D eigenvalue weighted by Gasteiger charge is 2.46. The first-order chi connectivity index (χ1) is 10.0. The molecule has 1 saturated carbocycles. The first-order valence-electron chi connectivity index (χ1n) is 7.62. The normalized spacial score (nSPS) is 18.6. The van der Waals surface area contributed by atoms with Gasteiger partial charge in [-0.1, -0.05) is 35.7 Å². The average Bonchev–Trinajstić information content (AvgIpc) is 2.39. The summed E-state index contributed by atoms with van der Waals surface area (Å²) in [5.74, 6) is 0. The van der Waals surface area contributed by atoms with Gasteiger partial charge in [-0.3, -0.25) is 0 Å². The minimum Gasteiger partial charge on any atom is -0.385 e. The van der Waals surface area contributed by atoms with Gasteiger partial charge in [-0.2, -0.15) is 0 Å². The van der Waals surface area contributed by atoms with E-state index in [9.17, 15) is 0 Å². The molecule has 0 spiro atoms. The molecule has 1 unspecified atom stereocenters. The number of likely N-dealkylation sites (N-methyl/N-ethyl adjacent to an activating group) is 1. The lowest BCUT2D eigenvalue weighted by Gasteiger charge is -2.51. The van der Waals surface area contributed by atoms with Gasteiger partial charge >= 0.3 is 0 Å². The van der Waals surface area contributed by atoms with Crippen molar-refractivity contribution in [1.29, 1.82) is 0 Å². The Morgan fingerprint density at radius 2 is 1.95 bits per heavy atom. The standard InChI is InChI=1S/C17H25Cl2NO/c1-20(2)16(6-4-11-21-3)17(9-5-10-17)13-7-8-14(18)15(19)12-13/h7-8,12,16H,4-6,9-11H2,1-3H3. The molecule has 1 aromatic carbocycles. The number of benzene rings is 1. The molecule has 0 saturated heterocycles. The monoisotopic (exact) mass is 329 g/mol. The predicted molar refractivity (Wildman–Crippen MR) is 90.6 cm³/mol. The Morgan fingerprint density at radius 1 is 1.24 bits per heavy atom. The van der Waals surface area contributed by atoms with Gasteiger partial charge in [-0.25, -0.2) is 0 Å². The Labute approximate surface area is 138 Å². The van der Waals surface area contributed by atoms with Crippen molar-refractivity contribution >= 4 is 23.2 Å². The maximum atomic E-state index is 6.25. The number of nitrogens with zero attached hydrogens (tertiary/aromatic N) is 1. The number of halogens is 2. The summed E-state index contributed by atoms with van der Waals surface area (Å²) in [6.07, 6.45) is 5.96. The van der Waals surface area contributed by atoms with Gasteiger partial charge in [-0.15, -0.1) is 0 Å². The van der Waals surface area contributed by atoms with Crippen LogP contribution in [0.25, 0.3) is 0 Å². The zero-order valence-electron chi connectivity index (χ0n) is 13.2. The van der Waals surface area contributed by atoms with E-state index in [0.717, 1.165) is 19.4 Å². The van der Waals surface area contributed by atoms with Crippen LogP contribution in [0, 0.1) is 0 Å². The number of hydrogen-bond acceptors (Lipinski definition) is 2. The summed E-state index contributed by atoms with van der Waals surface area (Å²) >= 11 is 12.3. The fraction of sp³-hybridized carbons (Fsp3) is 0.647. The topological polar surface area (TPSA) is 12.5 Å². The smallest absolute Gasteiger partial charge is 0.0595 e. The van der Waals surface area contributed by atoms with Crippen molar-refractivity contribution in [2.45, 2.75) is 43.6 Å². The predicted octanol–water partition coefficient (Wildman–Crippen LogP) is 4.77. The van der Waals surface area contributed by atoms with Crippen molar-refractivity contribution in [2.24, 2.45) is 0 Å². The summed E-state index contributed by atoms with van der Waals surface area (Å²) in [4.78, 5) is 2.36. The summed E-state index contributed by atoms with van der Waals surface area (Å²) in [6.45, 7) is 0.821. The van der Waals surface area contributed by atoms with Crippen LogP contribution in [-0.2, 0) is 10.2 Å². The van der Waals surface area contributed by atoms with Crippen molar-refractivity contribution in [2.75, 3.05) is 27.8 Å². The molecular formula is C17H25Cl2NO. The molecule has 0 radical (unpaired) electrons. The Kier molecular flexibility index (Phi) is 5.96. The zero-order valence-corrected chi connectivity index (χ0v) is 14.7. The lowest BCUT2D eigenvalue weighted by atomic mass is 9.59. The minimum absolute atomic E-state index is 0.214. The maximum absolute atomic E-state index is 6.25. The van der Waals surface area contributed by atoms with E-state index in [0.29, 0.717) is 16.1 Å². The molecule has 4 heteroatoms. The molecule has 1 fully saturated rings. The first-order valence-corrected chi connectivity index (χ1v) is 8.38. The third-order valence-corrected chi connectivity index (χ3v) is 5.57. The van der Waals surface area contributed by atoms with Crippen LogP contribution in [0.3, 0.4) is 0 Å². The maximum Gasteiger partial charge on any atom is 0.0595 e. The molecule has 1 aromatic rings. The van der Waals surface area contributed by atoms with E-state index >= 15 is 0 Å². The van der Waals surface area contributed by atoms with Crippen LogP contribution in [0.2, 0.25) is 10.0 Å². The number of rotatable bonds is 7. The van der Waals surface area contributed by atoms with Crippen molar-refractivity contribution in [3.63, 3.8) is 0 Å². The minimum atomic E-state index is 0.214. The Hall–Kier alpha value is -0.280. The Morgan fingerprint density at radius 3 is 2.43 bits per heavy atom. The van der Waals surface area contributed by atoms with Gasteiger partial charge in [0.1, 0.15) is 0 Å². The zero-order chi connectivity index (χ0) is 15.5. The van der Waals surface area contributed by atoms with Gasteiger partial charge in [0.05, 0.1) is 10.0 Å². The largest absolute Gasteiger partial charge is 0.385 e. The molecule has 118 valence electrons. The van der Waals surface area contributed by atoms with Crippen LogP contribution < -0.4 is 0 Å². The van der Waals surface area contributed by atoms with Crippen molar-refractivity contribution in [3.05, 3.63) is 33.8 Å². The van der Waals surface area contributed by atoms with Crippen LogP contribution in [0.15, 0.2) is 18.2 Å². The van der Waals surface area contributed by atoms with Gasteiger partial charge in [-0.05, 0) is 57.5 Å². The highest BCUT2D eigenvalue weighted by Crippen LogP contribution is 2.49. The van der Waals surface area contributed by atoms with Crippen LogP contribution in [0.1, 0.15) is 37.7 Å². The molecule has 21 heavy (non-hydrogen) atoms. The summed E-state index contributed by atoms with van der Waals surface area (Å²) in [6, 6.07) is 6.66. The van der Waals surface area contributed by atoms with Crippen LogP contribution >= 0.6 is 23.2 Å². The highest BCUT2D eigenvalue weighted by molar-refractivity contribution is 6.42. The molecule has 2 nitrogen and oxygen atoms in total. The van der Waals surface area contributed by atoms with E-state index in [4.69, 9.17) is 27.9 Å². The summed E-state index contributed by atoms with van der Waals surface area (Å²) in [7, 11) is 6.12. The number of methoxy groups -OCH3 is 1. The summed E-state index contributed by atoms with van der Waals surface area (Å²) in [5, 5.41) is 1.30. The molecule has 0 heterocycles. The Bertz CT molecular complexity index is 472. The highest BCUT2D eigenvalue weighted by atomic mass is 35.5. The second kappa shape index (κ2) is 7.32. The quantitative estimate of drug-likeness (QED) is 0.668. The van der Waals surface area contributed by atoms with Gasteiger partial charge in [0.15, 0.2) is 0 Å². The van der Waals surface area contributed by atoms with Crippen LogP contribution in [-0.4, -0.2) is 38.8 Å².